The summed E-state index contributed by atoms with van der Waals surface area (Å²) in [4.78, 5) is 26.6. The van der Waals surface area contributed by atoms with E-state index in [1.165, 1.54) is 16.8 Å². The van der Waals surface area contributed by atoms with E-state index in [-0.39, 0.29) is 24.4 Å². The summed E-state index contributed by atoms with van der Waals surface area (Å²) in [6, 6.07) is 17.2. The first-order valence-electron chi connectivity index (χ1n) is 9.87. The van der Waals surface area contributed by atoms with E-state index in [4.69, 9.17) is 9.47 Å². The molecule has 1 heterocycles. The zero-order valence-corrected chi connectivity index (χ0v) is 17.6. The minimum atomic E-state index is -0.229. The van der Waals surface area contributed by atoms with Crippen LogP contribution < -0.4 is 4.74 Å². The Morgan fingerprint density at radius 2 is 1.90 bits per heavy atom. The maximum absolute atomic E-state index is 13.2. The van der Waals surface area contributed by atoms with Gasteiger partial charge in [0.1, 0.15) is 12.3 Å². The quantitative estimate of drug-likeness (QED) is 0.672. The van der Waals surface area contributed by atoms with Crippen molar-refractivity contribution in [3.05, 3.63) is 65.7 Å². The molecule has 0 saturated carbocycles. The lowest BCUT2D eigenvalue weighted by Crippen LogP contribution is -2.41. The van der Waals surface area contributed by atoms with Crippen LogP contribution in [0, 0.1) is 0 Å². The normalized spacial score (nSPS) is 15.6. The molecule has 7 heteroatoms. The van der Waals surface area contributed by atoms with Crippen molar-refractivity contribution in [2.24, 2.45) is 5.10 Å². The Labute approximate surface area is 176 Å². The van der Waals surface area contributed by atoms with E-state index in [0.717, 1.165) is 22.6 Å². The average molecular weight is 409 g/mol. The molecule has 2 aromatic carbocycles. The maximum Gasteiger partial charge on any atom is 0.262 e. The molecule has 7 nitrogen and oxygen atoms in total. The Morgan fingerprint density at radius 1 is 1.13 bits per heavy atom. The Hall–Kier alpha value is -3.19. The molecule has 0 spiro atoms. The first-order valence-corrected chi connectivity index (χ1v) is 9.87. The minimum Gasteiger partial charge on any atom is -0.497 e. The highest BCUT2D eigenvalue weighted by Crippen LogP contribution is 2.33. The summed E-state index contributed by atoms with van der Waals surface area (Å²) in [7, 11) is 3.19. The first kappa shape index (κ1) is 21.5. The Morgan fingerprint density at radius 3 is 2.57 bits per heavy atom. The van der Waals surface area contributed by atoms with Gasteiger partial charge in [-0.2, -0.15) is 5.10 Å². The van der Waals surface area contributed by atoms with E-state index in [9.17, 15) is 9.59 Å². The fourth-order valence-electron chi connectivity index (χ4n) is 3.44. The van der Waals surface area contributed by atoms with Gasteiger partial charge in [-0.3, -0.25) is 9.59 Å². The van der Waals surface area contributed by atoms with Crippen LogP contribution in [0.25, 0.3) is 0 Å². The van der Waals surface area contributed by atoms with Crippen molar-refractivity contribution in [2.45, 2.75) is 19.4 Å². The fraction of sp³-hybridized carbons (Fsp3) is 0.348. The van der Waals surface area contributed by atoms with Crippen LogP contribution in [0.1, 0.15) is 30.5 Å². The van der Waals surface area contributed by atoms with Gasteiger partial charge < -0.3 is 14.4 Å². The van der Waals surface area contributed by atoms with Gasteiger partial charge in [0.05, 0.1) is 25.5 Å². The lowest BCUT2D eigenvalue weighted by molar-refractivity contribution is -0.141. The highest BCUT2D eigenvalue weighted by molar-refractivity contribution is 6.03. The highest BCUT2D eigenvalue weighted by Gasteiger charge is 2.34. The van der Waals surface area contributed by atoms with Crippen LogP contribution in [0.5, 0.6) is 5.75 Å². The first-order chi connectivity index (χ1) is 14.5. The van der Waals surface area contributed by atoms with E-state index >= 15 is 0 Å². The summed E-state index contributed by atoms with van der Waals surface area (Å²) in [5, 5.41) is 6.17. The summed E-state index contributed by atoms with van der Waals surface area (Å²) in [6.45, 7) is 2.13. The summed E-state index contributed by atoms with van der Waals surface area (Å²) >= 11 is 0. The number of ether oxygens (including phenoxy) is 2. The predicted molar refractivity (Wildman–Crippen MR) is 114 cm³/mol. The van der Waals surface area contributed by atoms with E-state index in [1.54, 1.807) is 14.2 Å². The number of carbonyl (C=O) groups excluding carboxylic acids is 2. The van der Waals surface area contributed by atoms with E-state index in [1.807, 2.05) is 54.6 Å². The zero-order valence-electron chi connectivity index (χ0n) is 17.6. The third-order valence-corrected chi connectivity index (χ3v) is 5.09. The molecule has 1 aliphatic heterocycles. The SMILES string of the molecule is COCCN(CC(=O)N1N=C(c2cccc(OC)c2)CC1c1ccccc1)C(C)=O. The second kappa shape index (κ2) is 10.0. The molecular formula is C23H27N3O4. The number of hydrogen-bond donors (Lipinski definition) is 0. The fourth-order valence-corrected chi connectivity index (χ4v) is 3.44. The Kier molecular flexibility index (Phi) is 7.19. The van der Waals surface area contributed by atoms with Crippen molar-refractivity contribution in [1.29, 1.82) is 0 Å². The van der Waals surface area contributed by atoms with Crippen molar-refractivity contribution in [2.75, 3.05) is 33.9 Å². The number of hydrazone groups is 1. The van der Waals surface area contributed by atoms with Crippen LogP contribution in [-0.2, 0) is 14.3 Å². The Balaban J connectivity index is 1.88. The van der Waals surface area contributed by atoms with Gasteiger partial charge in [-0.25, -0.2) is 5.01 Å². The van der Waals surface area contributed by atoms with Gasteiger partial charge in [-0.05, 0) is 17.7 Å². The monoisotopic (exact) mass is 409 g/mol. The lowest BCUT2D eigenvalue weighted by atomic mass is 9.98. The van der Waals surface area contributed by atoms with E-state index < -0.39 is 0 Å². The third kappa shape index (κ3) is 5.04. The highest BCUT2D eigenvalue weighted by atomic mass is 16.5. The van der Waals surface area contributed by atoms with Crippen molar-refractivity contribution in [3.63, 3.8) is 0 Å². The van der Waals surface area contributed by atoms with Crippen molar-refractivity contribution in [3.8, 4) is 5.75 Å². The molecule has 2 aromatic rings. The van der Waals surface area contributed by atoms with Gasteiger partial charge in [0.2, 0.25) is 5.91 Å². The average Bonchev–Trinajstić information content (AvgIpc) is 3.22. The van der Waals surface area contributed by atoms with Crippen molar-refractivity contribution < 1.29 is 19.1 Å². The summed E-state index contributed by atoms with van der Waals surface area (Å²) in [6.07, 6.45) is 0.584. The standard InChI is InChI=1S/C23H27N3O4/c1-17(27)25(12-13-29-2)16-23(28)26-22(18-8-5-4-6-9-18)15-21(24-26)19-10-7-11-20(14-19)30-3/h4-11,14,22H,12-13,15-16H2,1-3H3. The summed E-state index contributed by atoms with van der Waals surface area (Å²) in [5.74, 6) is 0.333. The molecule has 30 heavy (non-hydrogen) atoms. The molecule has 0 bridgehead atoms. The second-order valence-corrected chi connectivity index (χ2v) is 7.08. The van der Waals surface area contributed by atoms with Gasteiger partial charge in [-0.1, -0.05) is 42.5 Å². The van der Waals surface area contributed by atoms with Crippen LogP contribution >= 0.6 is 0 Å². The van der Waals surface area contributed by atoms with Crippen LogP contribution in [0.3, 0.4) is 0 Å². The van der Waals surface area contributed by atoms with E-state index in [0.29, 0.717) is 19.6 Å². The summed E-state index contributed by atoms with van der Waals surface area (Å²) < 4.78 is 10.4. The number of nitrogens with zero attached hydrogens (tertiary/aromatic N) is 3. The molecular weight excluding hydrogens is 382 g/mol. The van der Waals surface area contributed by atoms with Crippen LogP contribution in [0.15, 0.2) is 59.7 Å². The molecule has 2 amide bonds. The topological polar surface area (TPSA) is 71.4 Å². The Bertz CT molecular complexity index is 914. The number of carbonyl (C=O) groups is 2. The van der Waals surface area contributed by atoms with Gasteiger partial charge >= 0.3 is 0 Å². The number of rotatable bonds is 8. The molecule has 0 aliphatic carbocycles. The molecule has 1 atom stereocenters. The van der Waals surface area contributed by atoms with Crippen LogP contribution in [0.4, 0.5) is 0 Å². The molecule has 0 radical (unpaired) electrons. The molecule has 0 N–H and O–H groups in total. The molecule has 0 saturated heterocycles. The smallest absolute Gasteiger partial charge is 0.262 e. The lowest BCUT2D eigenvalue weighted by Gasteiger charge is -2.26. The molecule has 0 fully saturated rings. The number of benzene rings is 2. The van der Waals surface area contributed by atoms with Gasteiger partial charge in [0, 0.05) is 32.6 Å². The van der Waals surface area contributed by atoms with Crippen LogP contribution in [-0.4, -0.2) is 61.4 Å². The zero-order chi connectivity index (χ0) is 21.5. The maximum atomic E-state index is 13.2. The minimum absolute atomic E-state index is 0.0447. The predicted octanol–water partition coefficient (Wildman–Crippen LogP) is 2.87. The largest absolute Gasteiger partial charge is 0.497 e. The number of methoxy groups -OCH3 is 2. The van der Waals surface area contributed by atoms with Gasteiger partial charge in [-0.15, -0.1) is 0 Å². The van der Waals surface area contributed by atoms with Crippen LogP contribution in [0.2, 0.25) is 0 Å². The van der Waals surface area contributed by atoms with E-state index in [2.05, 4.69) is 5.10 Å². The molecule has 3 rings (SSSR count). The van der Waals surface area contributed by atoms with Crippen molar-refractivity contribution in [1.82, 2.24) is 9.91 Å². The summed E-state index contributed by atoms with van der Waals surface area (Å²) in [5.41, 5.74) is 2.72. The number of hydrogen-bond acceptors (Lipinski definition) is 5. The second-order valence-electron chi connectivity index (χ2n) is 7.08. The van der Waals surface area contributed by atoms with Crippen molar-refractivity contribution >= 4 is 17.5 Å². The molecule has 158 valence electrons. The molecule has 0 aromatic heterocycles. The molecule has 1 unspecified atom stereocenters. The number of amides is 2. The third-order valence-electron chi connectivity index (χ3n) is 5.09. The van der Waals surface area contributed by atoms with Gasteiger partial charge in [0.25, 0.3) is 5.91 Å². The molecule has 1 aliphatic rings. The van der Waals surface area contributed by atoms with Gasteiger partial charge in [0.15, 0.2) is 0 Å².